The Morgan fingerprint density at radius 1 is 1.17 bits per heavy atom. The Labute approximate surface area is 140 Å². The van der Waals surface area contributed by atoms with E-state index in [-0.39, 0.29) is 12.1 Å². The number of anilines is 1. The van der Waals surface area contributed by atoms with Crippen LogP contribution < -0.4 is 10.1 Å². The van der Waals surface area contributed by atoms with Gasteiger partial charge in [-0.25, -0.2) is 4.68 Å². The van der Waals surface area contributed by atoms with Crippen molar-refractivity contribution in [1.29, 1.82) is 0 Å². The van der Waals surface area contributed by atoms with Gasteiger partial charge >= 0.3 is 0 Å². The second-order valence-corrected chi connectivity index (χ2v) is 6.03. The van der Waals surface area contributed by atoms with Crippen molar-refractivity contribution in [2.75, 3.05) is 12.4 Å². The number of tetrazole rings is 1. The minimum Gasteiger partial charge on any atom is -0.497 e. The molecule has 1 aromatic heterocycles. The van der Waals surface area contributed by atoms with Gasteiger partial charge in [0.2, 0.25) is 5.95 Å². The summed E-state index contributed by atoms with van der Waals surface area (Å²) in [5.41, 5.74) is 3.66. The lowest BCUT2D eigenvalue weighted by molar-refractivity contribution is 0.408. The molecule has 0 aliphatic carbocycles. The molecule has 3 aromatic rings. The Hall–Kier alpha value is -2.89. The van der Waals surface area contributed by atoms with Crippen LogP contribution in [0.15, 0.2) is 48.5 Å². The molecule has 1 N–H and O–H groups in total. The lowest BCUT2D eigenvalue weighted by atomic mass is 9.91. The number of ether oxygens (including phenoxy) is 1. The fourth-order valence-corrected chi connectivity index (χ4v) is 3.33. The highest BCUT2D eigenvalue weighted by atomic mass is 16.5. The second-order valence-electron chi connectivity index (χ2n) is 6.03. The van der Waals surface area contributed by atoms with Gasteiger partial charge in [-0.1, -0.05) is 41.5 Å². The molecule has 6 nitrogen and oxygen atoms in total. The van der Waals surface area contributed by atoms with Crippen LogP contribution in [-0.2, 0) is 0 Å². The van der Waals surface area contributed by atoms with Gasteiger partial charge in [-0.05, 0) is 52.6 Å². The molecule has 0 spiro atoms. The summed E-state index contributed by atoms with van der Waals surface area (Å²) >= 11 is 0. The Morgan fingerprint density at radius 3 is 2.88 bits per heavy atom. The maximum Gasteiger partial charge on any atom is 0.243 e. The molecule has 6 heteroatoms. The monoisotopic (exact) mass is 321 g/mol. The van der Waals surface area contributed by atoms with Gasteiger partial charge in [-0.3, -0.25) is 0 Å². The summed E-state index contributed by atoms with van der Waals surface area (Å²) in [5, 5.41) is 15.6. The zero-order valence-electron chi connectivity index (χ0n) is 13.7. The average molecular weight is 321 g/mol. The SMILES string of the molecule is COc1cccc([C@H]2C[C@H](c3ccccc3C)n3nnnc3N2)c1. The number of methoxy groups -OCH3 is 1. The van der Waals surface area contributed by atoms with E-state index in [0.717, 1.165) is 12.2 Å². The highest BCUT2D eigenvalue weighted by Crippen LogP contribution is 2.38. The molecule has 2 aromatic carbocycles. The second kappa shape index (κ2) is 5.96. The fraction of sp³-hybridized carbons (Fsp3) is 0.278. The zero-order valence-corrected chi connectivity index (χ0v) is 13.7. The summed E-state index contributed by atoms with van der Waals surface area (Å²) in [5.74, 6) is 1.55. The van der Waals surface area contributed by atoms with E-state index in [4.69, 9.17) is 4.74 Å². The summed E-state index contributed by atoms with van der Waals surface area (Å²) in [6.45, 7) is 2.13. The van der Waals surface area contributed by atoms with Crippen molar-refractivity contribution in [1.82, 2.24) is 20.2 Å². The molecule has 0 fully saturated rings. The zero-order chi connectivity index (χ0) is 16.5. The Bertz CT molecular complexity index is 860. The van der Waals surface area contributed by atoms with E-state index in [2.05, 4.69) is 64.2 Å². The van der Waals surface area contributed by atoms with E-state index in [1.54, 1.807) is 7.11 Å². The number of aryl methyl sites for hydroxylation is 1. The first-order chi connectivity index (χ1) is 11.8. The average Bonchev–Trinajstić information content (AvgIpc) is 3.10. The maximum atomic E-state index is 5.36. The van der Waals surface area contributed by atoms with E-state index in [9.17, 15) is 0 Å². The highest BCUT2D eigenvalue weighted by molar-refractivity contribution is 5.41. The van der Waals surface area contributed by atoms with Crippen molar-refractivity contribution in [3.8, 4) is 5.75 Å². The number of nitrogens with one attached hydrogen (secondary N) is 1. The number of benzene rings is 2. The predicted octanol–water partition coefficient (Wildman–Crippen LogP) is 3.14. The lowest BCUT2D eigenvalue weighted by Gasteiger charge is -2.31. The molecule has 2 atom stereocenters. The highest BCUT2D eigenvalue weighted by Gasteiger charge is 2.31. The van der Waals surface area contributed by atoms with Gasteiger partial charge in [-0.2, -0.15) is 0 Å². The van der Waals surface area contributed by atoms with E-state index >= 15 is 0 Å². The summed E-state index contributed by atoms with van der Waals surface area (Å²) in [4.78, 5) is 0. The standard InChI is InChI=1S/C18H19N5O/c1-12-6-3-4-9-15(12)17-11-16(19-18-20-21-22-23(17)18)13-7-5-8-14(10-13)24-2/h3-10,16-17H,11H2,1-2H3,(H,19,20,22)/t16-,17-/m1/s1. The molecule has 4 rings (SSSR count). The molecule has 1 aliphatic rings. The largest absolute Gasteiger partial charge is 0.497 e. The summed E-state index contributed by atoms with van der Waals surface area (Å²) in [6.07, 6.45) is 0.871. The van der Waals surface area contributed by atoms with Gasteiger partial charge in [-0.15, -0.1) is 0 Å². The van der Waals surface area contributed by atoms with Crippen LogP contribution in [0.2, 0.25) is 0 Å². The third-order valence-corrected chi connectivity index (χ3v) is 4.59. The van der Waals surface area contributed by atoms with Crippen molar-refractivity contribution in [3.05, 3.63) is 65.2 Å². The van der Waals surface area contributed by atoms with E-state index < -0.39 is 0 Å². The number of nitrogens with zero attached hydrogens (tertiary/aromatic N) is 4. The molecule has 0 unspecified atom stereocenters. The molecular weight excluding hydrogens is 302 g/mol. The molecule has 122 valence electrons. The summed E-state index contributed by atoms with van der Waals surface area (Å²) < 4.78 is 7.23. The summed E-state index contributed by atoms with van der Waals surface area (Å²) in [6, 6.07) is 16.8. The fourth-order valence-electron chi connectivity index (χ4n) is 3.33. The van der Waals surface area contributed by atoms with Crippen LogP contribution in [0.5, 0.6) is 5.75 Å². The smallest absolute Gasteiger partial charge is 0.243 e. The van der Waals surface area contributed by atoms with Crippen LogP contribution in [0.25, 0.3) is 0 Å². The minimum atomic E-state index is 0.105. The van der Waals surface area contributed by atoms with Gasteiger partial charge in [0.05, 0.1) is 19.2 Å². The predicted molar refractivity (Wildman–Crippen MR) is 91.1 cm³/mol. The quantitative estimate of drug-likeness (QED) is 0.803. The van der Waals surface area contributed by atoms with Gasteiger partial charge in [0, 0.05) is 0 Å². The molecule has 2 heterocycles. The van der Waals surface area contributed by atoms with Gasteiger partial charge in [0.1, 0.15) is 5.75 Å². The molecule has 1 aliphatic heterocycles. The van der Waals surface area contributed by atoms with Crippen molar-refractivity contribution in [2.24, 2.45) is 0 Å². The van der Waals surface area contributed by atoms with Crippen LogP contribution >= 0.6 is 0 Å². The maximum absolute atomic E-state index is 5.36. The van der Waals surface area contributed by atoms with Gasteiger partial charge < -0.3 is 10.1 Å². The Kier molecular flexibility index (Phi) is 3.65. The van der Waals surface area contributed by atoms with Crippen molar-refractivity contribution < 1.29 is 4.74 Å². The first-order valence-electron chi connectivity index (χ1n) is 8.00. The van der Waals surface area contributed by atoms with Gasteiger partial charge in [0.25, 0.3) is 0 Å². The minimum absolute atomic E-state index is 0.105. The number of rotatable bonds is 3. The van der Waals surface area contributed by atoms with Gasteiger partial charge in [0.15, 0.2) is 0 Å². The lowest BCUT2D eigenvalue weighted by Crippen LogP contribution is -2.28. The van der Waals surface area contributed by atoms with Crippen molar-refractivity contribution in [3.63, 3.8) is 0 Å². The van der Waals surface area contributed by atoms with Crippen LogP contribution in [-0.4, -0.2) is 27.3 Å². The van der Waals surface area contributed by atoms with Crippen LogP contribution in [0.3, 0.4) is 0 Å². The Morgan fingerprint density at radius 2 is 2.04 bits per heavy atom. The molecule has 0 amide bonds. The normalized spacial score (nSPS) is 19.4. The van der Waals surface area contributed by atoms with Crippen molar-refractivity contribution >= 4 is 5.95 Å². The van der Waals surface area contributed by atoms with Crippen molar-refractivity contribution in [2.45, 2.75) is 25.4 Å². The first kappa shape index (κ1) is 14.7. The third-order valence-electron chi connectivity index (χ3n) is 4.59. The molecule has 0 saturated heterocycles. The molecule has 0 radical (unpaired) electrons. The van der Waals surface area contributed by atoms with E-state index in [1.165, 1.54) is 16.7 Å². The third kappa shape index (κ3) is 2.50. The Balaban J connectivity index is 1.75. The molecule has 0 bridgehead atoms. The molecule has 24 heavy (non-hydrogen) atoms. The van der Waals surface area contributed by atoms with Crippen LogP contribution in [0.1, 0.15) is 35.2 Å². The first-order valence-corrected chi connectivity index (χ1v) is 8.00. The molecule has 0 saturated carbocycles. The van der Waals surface area contributed by atoms with E-state index in [1.807, 2.05) is 16.8 Å². The van der Waals surface area contributed by atoms with Crippen LogP contribution in [0, 0.1) is 6.92 Å². The number of aromatic nitrogens is 4. The molecular formula is C18H19N5O. The topological polar surface area (TPSA) is 64.9 Å². The number of fused-ring (bicyclic) bond motifs is 1. The van der Waals surface area contributed by atoms with E-state index in [0.29, 0.717) is 5.95 Å². The van der Waals surface area contributed by atoms with Crippen LogP contribution in [0.4, 0.5) is 5.95 Å². The number of hydrogen-bond donors (Lipinski definition) is 1. The summed E-state index contributed by atoms with van der Waals surface area (Å²) in [7, 11) is 1.68. The number of hydrogen-bond acceptors (Lipinski definition) is 5.